The Labute approximate surface area is 77.2 Å². The van der Waals surface area contributed by atoms with Crippen LogP contribution in [0.4, 0.5) is 4.39 Å². The number of phenols is 1. The number of hydrogen-bond acceptors (Lipinski definition) is 1. The van der Waals surface area contributed by atoms with E-state index in [0.29, 0.717) is 12.0 Å². The molecule has 0 aliphatic heterocycles. The zero-order valence-electron chi connectivity index (χ0n) is 7.68. The van der Waals surface area contributed by atoms with Gasteiger partial charge in [-0.1, -0.05) is 6.07 Å². The van der Waals surface area contributed by atoms with Crippen LogP contribution in [-0.4, -0.2) is 5.11 Å². The smallest absolute Gasteiger partial charge is 0.133 e. The van der Waals surface area contributed by atoms with Gasteiger partial charge in [0.25, 0.3) is 0 Å². The van der Waals surface area contributed by atoms with Gasteiger partial charge in [-0.15, -0.1) is 0 Å². The number of hydrogen-bond donors (Lipinski definition) is 1. The van der Waals surface area contributed by atoms with E-state index in [9.17, 15) is 9.50 Å². The Morgan fingerprint density at radius 2 is 2.23 bits per heavy atom. The molecule has 1 aliphatic carbocycles. The van der Waals surface area contributed by atoms with E-state index in [1.54, 1.807) is 19.1 Å². The topological polar surface area (TPSA) is 20.2 Å². The van der Waals surface area contributed by atoms with Crippen LogP contribution < -0.4 is 0 Å². The van der Waals surface area contributed by atoms with Gasteiger partial charge >= 0.3 is 0 Å². The van der Waals surface area contributed by atoms with Crippen LogP contribution in [0.5, 0.6) is 5.75 Å². The van der Waals surface area contributed by atoms with Crippen molar-refractivity contribution in [2.45, 2.75) is 31.9 Å². The van der Waals surface area contributed by atoms with Crippen molar-refractivity contribution in [3.8, 4) is 5.75 Å². The lowest BCUT2D eigenvalue weighted by Crippen LogP contribution is -2.21. The summed E-state index contributed by atoms with van der Waals surface area (Å²) in [6.07, 6.45) is 2.38. The normalized spacial score (nSPS) is 26.9. The predicted octanol–water partition coefficient (Wildman–Crippen LogP) is 2.91. The van der Waals surface area contributed by atoms with Crippen LogP contribution in [0.3, 0.4) is 0 Å². The predicted molar refractivity (Wildman–Crippen MR) is 49.5 cm³/mol. The van der Waals surface area contributed by atoms with Crippen molar-refractivity contribution in [2.24, 2.45) is 0 Å². The number of fused-ring (bicyclic) bond motifs is 1. The first-order chi connectivity index (χ1) is 6.09. The molecule has 0 saturated carbocycles. The molecule has 0 saturated heterocycles. The minimum atomic E-state index is -1.26. The minimum Gasteiger partial charge on any atom is -0.508 e. The molecule has 1 aliphatic rings. The van der Waals surface area contributed by atoms with Gasteiger partial charge in [0.15, 0.2) is 0 Å². The summed E-state index contributed by atoms with van der Waals surface area (Å²) in [5, 5.41) is 9.25. The van der Waals surface area contributed by atoms with Crippen LogP contribution >= 0.6 is 0 Å². The Kier molecular flexibility index (Phi) is 1.79. The van der Waals surface area contributed by atoms with Gasteiger partial charge in [-0.05, 0) is 49.4 Å². The van der Waals surface area contributed by atoms with E-state index in [4.69, 9.17) is 0 Å². The Balaban J connectivity index is 2.55. The molecule has 0 aromatic heterocycles. The molecule has 0 bridgehead atoms. The third kappa shape index (κ3) is 1.41. The number of alkyl halides is 1. The quantitative estimate of drug-likeness (QED) is 0.650. The largest absolute Gasteiger partial charge is 0.508 e. The van der Waals surface area contributed by atoms with E-state index in [1.165, 1.54) is 0 Å². The van der Waals surface area contributed by atoms with Crippen molar-refractivity contribution in [2.75, 3.05) is 0 Å². The number of aromatic hydroxyl groups is 1. The van der Waals surface area contributed by atoms with Gasteiger partial charge in [0.1, 0.15) is 11.4 Å². The molecule has 2 heteroatoms. The lowest BCUT2D eigenvalue weighted by atomic mass is 9.81. The third-order valence-corrected chi connectivity index (χ3v) is 2.75. The zero-order chi connectivity index (χ0) is 9.47. The zero-order valence-corrected chi connectivity index (χ0v) is 7.68. The van der Waals surface area contributed by atoms with Gasteiger partial charge in [0.2, 0.25) is 0 Å². The van der Waals surface area contributed by atoms with Gasteiger partial charge in [0.05, 0.1) is 0 Å². The van der Waals surface area contributed by atoms with E-state index >= 15 is 0 Å². The van der Waals surface area contributed by atoms with Crippen molar-refractivity contribution >= 4 is 0 Å². The molecule has 0 amide bonds. The standard InChI is InChI=1S/C11H13FO/c1-11(12)6-2-3-8-4-5-9(13)7-10(8)11/h4-5,7,13H,2-3,6H2,1H3. The lowest BCUT2D eigenvalue weighted by Gasteiger charge is -2.28. The number of halogens is 1. The van der Waals surface area contributed by atoms with Crippen molar-refractivity contribution < 1.29 is 9.50 Å². The monoisotopic (exact) mass is 180 g/mol. The van der Waals surface area contributed by atoms with Crippen LogP contribution in [0.15, 0.2) is 18.2 Å². The average Bonchev–Trinajstić information content (AvgIpc) is 2.06. The summed E-state index contributed by atoms with van der Waals surface area (Å²) in [6, 6.07) is 5.00. The summed E-state index contributed by atoms with van der Waals surface area (Å²) in [7, 11) is 0. The summed E-state index contributed by atoms with van der Waals surface area (Å²) in [6.45, 7) is 1.59. The van der Waals surface area contributed by atoms with E-state index in [2.05, 4.69) is 0 Å². The Hall–Kier alpha value is -1.05. The lowest BCUT2D eigenvalue weighted by molar-refractivity contribution is 0.161. The van der Waals surface area contributed by atoms with E-state index in [-0.39, 0.29) is 5.75 Å². The van der Waals surface area contributed by atoms with Gasteiger partial charge in [-0.25, -0.2) is 4.39 Å². The number of aryl methyl sites for hydroxylation is 1. The van der Waals surface area contributed by atoms with Crippen molar-refractivity contribution in [1.29, 1.82) is 0 Å². The van der Waals surface area contributed by atoms with Gasteiger partial charge in [0, 0.05) is 0 Å². The first-order valence-electron chi connectivity index (χ1n) is 4.61. The van der Waals surface area contributed by atoms with Crippen LogP contribution in [0.1, 0.15) is 30.9 Å². The van der Waals surface area contributed by atoms with Crippen molar-refractivity contribution in [1.82, 2.24) is 0 Å². The SMILES string of the molecule is CC1(F)CCCc2ccc(O)cc21. The molecule has 2 rings (SSSR count). The van der Waals surface area contributed by atoms with E-state index in [1.807, 2.05) is 6.07 Å². The first kappa shape index (κ1) is 8.54. The molecular weight excluding hydrogens is 167 g/mol. The number of benzene rings is 1. The maximum absolute atomic E-state index is 13.9. The van der Waals surface area contributed by atoms with Crippen LogP contribution in [0.25, 0.3) is 0 Å². The molecule has 0 heterocycles. The fourth-order valence-electron chi connectivity index (χ4n) is 2.01. The molecule has 1 N–H and O–H groups in total. The van der Waals surface area contributed by atoms with Crippen LogP contribution in [-0.2, 0) is 12.1 Å². The van der Waals surface area contributed by atoms with Gasteiger partial charge < -0.3 is 5.11 Å². The molecule has 1 aromatic rings. The van der Waals surface area contributed by atoms with Crippen LogP contribution in [0.2, 0.25) is 0 Å². The third-order valence-electron chi connectivity index (χ3n) is 2.75. The van der Waals surface area contributed by atoms with Crippen LogP contribution in [0, 0.1) is 0 Å². The molecule has 70 valence electrons. The molecule has 0 radical (unpaired) electrons. The molecule has 1 unspecified atom stereocenters. The molecule has 1 atom stereocenters. The van der Waals surface area contributed by atoms with Gasteiger partial charge in [-0.2, -0.15) is 0 Å². The first-order valence-corrected chi connectivity index (χ1v) is 4.61. The Morgan fingerprint density at radius 3 is 3.00 bits per heavy atom. The molecule has 0 spiro atoms. The summed E-state index contributed by atoms with van der Waals surface area (Å²) >= 11 is 0. The highest BCUT2D eigenvalue weighted by atomic mass is 19.1. The second-order valence-corrected chi connectivity index (χ2v) is 3.89. The summed E-state index contributed by atoms with van der Waals surface area (Å²) in [4.78, 5) is 0. The Morgan fingerprint density at radius 1 is 1.46 bits per heavy atom. The second-order valence-electron chi connectivity index (χ2n) is 3.89. The number of phenolic OH excluding ortho intramolecular Hbond substituents is 1. The van der Waals surface area contributed by atoms with E-state index < -0.39 is 5.67 Å². The molecule has 0 fully saturated rings. The van der Waals surface area contributed by atoms with Crippen molar-refractivity contribution in [3.05, 3.63) is 29.3 Å². The summed E-state index contributed by atoms with van der Waals surface area (Å²) < 4.78 is 13.9. The van der Waals surface area contributed by atoms with Crippen molar-refractivity contribution in [3.63, 3.8) is 0 Å². The maximum atomic E-state index is 13.9. The highest BCUT2D eigenvalue weighted by Gasteiger charge is 2.31. The highest BCUT2D eigenvalue weighted by molar-refractivity contribution is 5.39. The fourth-order valence-corrected chi connectivity index (χ4v) is 2.01. The van der Waals surface area contributed by atoms with E-state index in [0.717, 1.165) is 18.4 Å². The minimum absolute atomic E-state index is 0.157. The molecular formula is C11H13FO. The summed E-state index contributed by atoms with van der Waals surface area (Å²) in [5.41, 5.74) is 0.444. The maximum Gasteiger partial charge on any atom is 0.133 e. The molecule has 13 heavy (non-hydrogen) atoms. The molecule has 1 nitrogen and oxygen atoms in total. The average molecular weight is 180 g/mol. The second kappa shape index (κ2) is 2.72. The fraction of sp³-hybridized carbons (Fsp3) is 0.455. The summed E-state index contributed by atoms with van der Waals surface area (Å²) in [5.74, 6) is 0.157. The number of rotatable bonds is 0. The Bertz CT molecular complexity index is 331. The molecule has 1 aromatic carbocycles. The van der Waals surface area contributed by atoms with Gasteiger partial charge in [-0.3, -0.25) is 0 Å². The highest BCUT2D eigenvalue weighted by Crippen LogP contribution is 2.39.